The predicted octanol–water partition coefficient (Wildman–Crippen LogP) is 2.26. The Bertz CT molecular complexity index is 427. The zero-order valence-electron chi connectivity index (χ0n) is 8.37. The summed E-state index contributed by atoms with van der Waals surface area (Å²) in [4.78, 5) is 4.50. The molecule has 0 amide bonds. The van der Waals surface area contributed by atoms with Crippen molar-refractivity contribution in [1.29, 1.82) is 5.26 Å². The van der Waals surface area contributed by atoms with E-state index in [9.17, 15) is 0 Å². The van der Waals surface area contributed by atoms with E-state index in [0.29, 0.717) is 10.0 Å². The van der Waals surface area contributed by atoms with Crippen LogP contribution in [-0.2, 0) is 4.74 Å². The summed E-state index contributed by atoms with van der Waals surface area (Å²) < 4.78 is 5.31. The number of hydrogen-bond acceptors (Lipinski definition) is 5. The smallest absolute Gasteiger partial charge is 0.185 e. The molecule has 1 heterocycles. The molecule has 1 aromatic rings. The lowest BCUT2D eigenvalue weighted by Crippen LogP contribution is -2.18. The SMILES string of the molecule is COC1(C)CC1Nc1nc(Cl)c(C#N)s1. The molecule has 6 heteroatoms. The van der Waals surface area contributed by atoms with Gasteiger partial charge >= 0.3 is 0 Å². The Kier molecular flexibility index (Phi) is 2.59. The molecule has 2 unspecified atom stereocenters. The van der Waals surface area contributed by atoms with Gasteiger partial charge in [0.2, 0.25) is 0 Å². The number of ether oxygens (including phenoxy) is 1. The maximum atomic E-state index is 8.71. The van der Waals surface area contributed by atoms with Crippen molar-refractivity contribution in [1.82, 2.24) is 4.98 Å². The summed E-state index contributed by atoms with van der Waals surface area (Å²) in [5.41, 5.74) is -0.106. The third-order valence-electron chi connectivity index (χ3n) is 2.64. The Balaban J connectivity index is 2.05. The predicted molar refractivity (Wildman–Crippen MR) is 59.3 cm³/mol. The molecule has 0 bridgehead atoms. The van der Waals surface area contributed by atoms with Crippen LogP contribution in [0.3, 0.4) is 0 Å². The van der Waals surface area contributed by atoms with Crippen molar-refractivity contribution in [3.05, 3.63) is 10.0 Å². The van der Waals surface area contributed by atoms with Gasteiger partial charge in [0.15, 0.2) is 10.3 Å². The number of methoxy groups -OCH3 is 1. The standard InChI is InChI=1S/C9H10ClN3OS/c1-9(14-2)3-6(9)12-8-13-7(10)5(4-11)15-8/h6H,3H2,1-2H3,(H,12,13). The number of anilines is 1. The van der Waals surface area contributed by atoms with Gasteiger partial charge in [-0.1, -0.05) is 22.9 Å². The quantitative estimate of drug-likeness (QED) is 0.885. The maximum absolute atomic E-state index is 8.71. The van der Waals surface area contributed by atoms with E-state index in [1.54, 1.807) is 7.11 Å². The largest absolute Gasteiger partial charge is 0.376 e. The van der Waals surface area contributed by atoms with Gasteiger partial charge in [0.05, 0.1) is 11.6 Å². The third-order valence-corrected chi connectivity index (χ3v) is 3.91. The lowest BCUT2D eigenvalue weighted by Gasteiger charge is -2.08. The molecule has 0 aromatic carbocycles. The van der Waals surface area contributed by atoms with Gasteiger partial charge in [-0.15, -0.1) is 0 Å². The Labute approximate surface area is 96.8 Å². The van der Waals surface area contributed by atoms with Crippen molar-refractivity contribution < 1.29 is 4.74 Å². The van der Waals surface area contributed by atoms with E-state index in [1.165, 1.54) is 11.3 Å². The number of hydrogen-bond donors (Lipinski definition) is 1. The van der Waals surface area contributed by atoms with Gasteiger partial charge in [0, 0.05) is 13.5 Å². The van der Waals surface area contributed by atoms with E-state index in [-0.39, 0.29) is 16.8 Å². The zero-order chi connectivity index (χ0) is 11.1. The summed E-state index contributed by atoms with van der Waals surface area (Å²) in [6.07, 6.45) is 0.947. The van der Waals surface area contributed by atoms with Crippen LogP contribution in [0.4, 0.5) is 5.13 Å². The highest BCUT2D eigenvalue weighted by Gasteiger charge is 2.51. The van der Waals surface area contributed by atoms with Crippen molar-refractivity contribution in [2.45, 2.75) is 25.0 Å². The Morgan fingerprint density at radius 3 is 3.00 bits per heavy atom. The molecule has 4 nitrogen and oxygen atoms in total. The fraction of sp³-hybridized carbons (Fsp3) is 0.556. The molecular weight excluding hydrogens is 234 g/mol. The monoisotopic (exact) mass is 243 g/mol. The van der Waals surface area contributed by atoms with Crippen molar-refractivity contribution in [2.75, 3.05) is 12.4 Å². The molecule has 2 atom stereocenters. The lowest BCUT2D eigenvalue weighted by molar-refractivity contribution is 0.0936. The van der Waals surface area contributed by atoms with Crippen LogP contribution in [0, 0.1) is 11.3 Å². The van der Waals surface area contributed by atoms with Crippen molar-refractivity contribution in [3.63, 3.8) is 0 Å². The number of nitrogens with one attached hydrogen (secondary N) is 1. The summed E-state index contributed by atoms with van der Waals surface area (Å²) >= 11 is 7.03. The highest BCUT2D eigenvalue weighted by atomic mass is 35.5. The number of nitrogens with zero attached hydrogens (tertiary/aromatic N) is 2. The fourth-order valence-corrected chi connectivity index (χ4v) is 2.36. The van der Waals surface area contributed by atoms with Crippen LogP contribution < -0.4 is 5.32 Å². The van der Waals surface area contributed by atoms with Gasteiger partial charge in [-0.3, -0.25) is 0 Å². The average Bonchev–Trinajstić information content (AvgIpc) is 2.70. The van der Waals surface area contributed by atoms with Crippen LogP contribution in [0.15, 0.2) is 0 Å². The number of rotatable bonds is 3. The highest BCUT2D eigenvalue weighted by molar-refractivity contribution is 7.16. The highest BCUT2D eigenvalue weighted by Crippen LogP contribution is 2.42. The minimum absolute atomic E-state index is 0.106. The molecule has 2 rings (SSSR count). The lowest BCUT2D eigenvalue weighted by atomic mass is 10.4. The second-order valence-corrected chi connectivity index (χ2v) is 5.03. The van der Waals surface area contributed by atoms with E-state index < -0.39 is 0 Å². The summed E-state index contributed by atoms with van der Waals surface area (Å²) in [5.74, 6) is 0. The van der Waals surface area contributed by atoms with E-state index in [4.69, 9.17) is 21.6 Å². The first kappa shape index (κ1) is 10.7. The van der Waals surface area contributed by atoms with E-state index >= 15 is 0 Å². The van der Waals surface area contributed by atoms with Crippen molar-refractivity contribution in [2.24, 2.45) is 0 Å². The average molecular weight is 244 g/mol. The normalized spacial score (nSPS) is 28.5. The molecule has 1 N–H and O–H groups in total. The number of nitriles is 1. The van der Waals surface area contributed by atoms with E-state index in [1.807, 2.05) is 13.0 Å². The zero-order valence-corrected chi connectivity index (χ0v) is 9.95. The molecule has 1 fully saturated rings. The Hall–Kier alpha value is -0.830. The molecule has 1 aliphatic rings. The van der Waals surface area contributed by atoms with Gasteiger partial charge in [0.1, 0.15) is 10.9 Å². The second kappa shape index (κ2) is 3.63. The minimum atomic E-state index is -0.106. The Morgan fingerprint density at radius 2 is 2.53 bits per heavy atom. The Morgan fingerprint density at radius 1 is 1.80 bits per heavy atom. The summed E-state index contributed by atoms with van der Waals surface area (Å²) in [5, 5.41) is 12.9. The summed E-state index contributed by atoms with van der Waals surface area (Å²) in [6.45, 7) is 2.03. The first-order valence-electron chi connectivity index (χ1n) is 4.47. The molecule has 0 radical (unpaired) electrons. The third kappa shape index (κ3) is 1.93. The van der Waals surface area contributed by atoms with Crippen LogP contribution >= 0.6 is 22.9 Å². The number of halogens is 1. The minimum Gasteiger partial charge on any atom is -0.376 e. The van der Waals surface area contributed by atoms with Gasteiger partial charge in [-0.25, -0.2) is 4.98 Å². The fourth-order valence-electron chi connectivity index (χ4n) is 1.36. The van der Waals surface area contributed by atoms with E-state index in [0.717, 1.165) is 6.42 Å². The van der Waals surface area contributed by atoms with Crippen LogP contribution in [-0.4, -0.2) is 23.7 Å². The van der Waals surface area contributed by atoms with Crippen LogP contribution in [0.5, 0.6) is 0 Å². The molecule has 0 saturated heterocycles. The number of thiazole rings is 1. The first-order valence-corrected chi connectivity index (χ1v) is 5.66. The molecule has 80 valence electrons. The molecule has 1 aliphatic carbocycles. The van der Waals surface area contributed by atoms with Gasteiger partial charge in [-0.05, 0) is 6.92 Å². The van der Waals surface area contributed by atoms with Crippen LogP contribution in [0.2, 0.25) is 5.15 Å². The van der Waals surface area contributed by atoms with Crippen LogP contribution in [0.1, 0.15) is 18.2 Å². The molecule has 1 aromatic heterocycles. The van der Waals surface area contributed by atoms with Gasteiger partial charge < -0.3 is 10.1 Å². The molecular formula is C9H10ClN3OS. The molecule has 15 heavy (non-hydrogen) atoms. The summed E-state index contributed by atoms with van der Waals surface area (Å²) in [7, 11) is 1.69. The number of aromatic nitrogens is 1. The van der Waals surface area contributed by atoms with Gasteiger partial charge in [-0.2, -0.15) is 5.26 Å². The topological polar surface area (TPSA) is 57.9 Å². The van der Waals surface area contributed by atoms with Crippen molar-refractivity contribution in [3.8, 4) is 6.07 Å². The second-order valence-electron chi connectivity index (χ2n) is 3.67. The van der Waals surface area contributed by atoms with Crippen molar-refractivity contribution >= 4 is 28.1 Å². The molecule has 0 spiro atoms. The molecule has 1 saturated carbocycles. The molecule has 0 aliphatic heterocycles. The van der Waals surface area contributed by atoms with Gasteiger partial charge in [0.25, 0.3) is 0 Å². The van der Waals surface area contributed by atoms with Crippen LogP contribution in [0.25, 0.3) is 0 Å². The maximum Gasteiger partial charge on any atom is 0.185 e. The first-order chi connectivity index (χ1) is 7.09. The van der Waals surface area contributed by atoms with E-state index in [2.05, 4.69) is 10.3 Å². The summed E-state index contributed by atoms with van der Waals surface area (Å²) in [6, 6.07) is 2.26.